The molecule has 0 saturated heterocycles. The first kappa shape index (κ1) is 14.8. The van der Waals surface area contributed by atoms with Crippen molar-refractivity contribution in [3.63, 3.8) is 0 Å². The number of nitrogens with zero attached hydrogens (tertiary/aromatic N) is 4. The highest BCUT2D eigenvalue weighted by Gasteiger charge is 2.09. The van der Waals surface area contributed by atoms with Crippen LogP contribution in [-0.4, -0.2) is 27.8 Å². The van der Waals surface area contributed by atoms with E-state index in [4.69, 9.17) is 21.6 Å². The number of aryl methyl sites for hydroxylation is 1. The van der Waals surface area contributed by atoms with Gasteiger partial charge >= 0.3 is 0 Å². The highest BCUT2D eigenvalue weighted by Crippen LogP contribution is 2.27. The van der Waals surface area contributed by atoms with Crippen molar-refractivity contribution in [3.05, 3.63) is 35.4 Å². The number of amides is 1. The fourth-order valence-corrected chi connectivity index (χ4v) is 1.83. The number of benzene rings is 1. The van der Waals surface area contributed by atoms with Gasteiger partial charge in [-0.3, -0.25) is 9.48 Å². The smallest absolute Gasteiger partial charge is 0.252 e. The lowest BCUT2D eigenvalue weighted by molar-refractivity contribution is -0.116. The van der Waals surface area contributed by atoms with Crippen LogP contribution >= 0.6 is 11.6 Å². The summed E-state index contributed by atoms with van der Waals surface area (Å²) in [6.45, 7) is 0.323. The second-order valence-electron chi connectivity index (χ2n) is 4.09. The molecule has 0 bridgehead atoms. The molecule has 0 aliphatic carbocycles. The first-order valence-corrected chi connectivity index (χ1v) is 6.43. The summed E-state index contributed by atoms with van der Waals surface area (Å²) in [4.78, 5) is 15.7. The topological polar surface area (TPSA) is 92.8 Å². The van der Waals surface area contributed by atoms with Crippen LogP contribution < -0.4 is 10.1 Å². The zero-order valence-corrected chi connectivity index (χ0v) is 12.0. The maximum absolute atomic E-state index is 11.9. The highest BCUT2D eigenvalue weighted by atomic mass is 35.5. The Hall–Kier alpha value is -2.59. The Bertz CT molecular complexity index is 692. The van der Waals surface area contributed by atoms with Gasteiger partial charge in [0.2, 0.25) is 5.91 Å². The van der Waals surface area contributed by atoms with Gasteiger partial charge in [0.15, 0.2) is 0 Å². The van der Waals surface area contributed by atoms with Crippen LogP contribution in [0.15, 0.2) is 24.5 Å². The summed E-state index contributed by atoms with van der Waals surface area (Å²) in [6.07, 6.45) is 1.59. The van der Waals surface area contributed by atoms with E-state index in [9.17, 15) is 4.79 Å². The van der Waals surface area contributed by atoms with Crippen LogP contribution in [0, 0.1) is 11.3 Å². The van der Waals surface area contributed by atoms with Gasteiger partial charge in [0.25, 0.3) is 5.82 Å². The molecule has 0 radical (unpaired) electrons. The minimum Gasteiger partial charge on any atom is -0.495 e. The molecule has 2 aromatic rings. The van der Waals surface area contributed by atoms with E-state index in [0.29, 0.717) is 23.0 Å². The van der Waals surface area contributed by atoms with Gasteiger partial charge in [0.05, 0.1) is 19.3 Å². The SMILES string of the molecule is COc1ccc(Cl)cc1NC(=O)CCn1cnc(C#N)n1. The number of aromatic nitrogens is 3. The molecule has 108 valence electrons. The van der Waals surface area contributed by atoms with E-state index in [1.54, 1.807) is 18.2 Å². The van der Waals surface area contributed by atoms with E-state index in [1.165, 1.54) is 18.1 Å². The lowest BCUT2D eigenvalue weighted by Gasteiger charge is -2.10. The maximum atomic E-state index is 11.9. The lowest BCUT2D eigenvalue weighted by atomic mass is 10.2. The van der Waals surface area contributed by atoms with Crippen molar-refractivity contribution in [1.82, 2.24) is 14.8 Å². The monoisotopic (exact) mass is 305 g/mol. The number of anilines is 1. The third kappa shape index (κ3) is 3.94. The molecule has 21 heavy (non-hydrogen) atoms. The molecular formula is C13H12ClN5O2. The molecule has 7 nitrogen and oxygen atoms in total. The summed E-state index contributed by atoms with van der Waals surface area (Å²) < 4.78 is 6.58. The van der Waals surface area contributed by atoms with Crippen molar-refractivity contribution in [1.29, 1.82) is 5.26 Å². The van der Waals surface area contributed by atoms with E-state index in [1.807, 2.05) is 6.07 Å². The molecule has 2 rings (SSSR count). The number of ether oxygens (including phenoxy) is 1. The summed E-state index contributed by atoms with van der Waals surface area (Å²) in [5, 5.41) is 15.7. The van der Waals surface area contributed by atoms with Crippen LogP contribution in [0.2, 0.25) is 5.02 Å². The molecule has 1 heterocycles. The Kier molecular flexibility index (Phi) is 4.74. The largest absolute Gasteiger partial charge is 0.495 e. The van der Waals surface area contributed by atoms with Gasteiger partial charge < -0.3 is 10.1 Å². The quantitative estimate of drug-likeness (QED) is 0.909. The molecule has 1 aromatic carbocycles. The normalized spacial score (nSPS) is 9.95. The first-order valence-electron chi connectivity index (χ1n) is 6.05. The summed E-state index contributed by atoms with van der Waals surface area (Å²) >= 11 is 5.89. The number of carbonyl (C=O) groups is 1. The zero-order valence-electron chi connectivity index (χ0n) is 11.2. The molecule has 8 heteroatoms. The van der Waals surface area contributed by atoms with E-state index in [0.717, 1.165) is 0 Å². The third-order valence-electron chi connectivity index (χ3n) is 2.64. The van der Waals surface area contributed by atoms with Gasteiger partial charge in [0.1, 0.15) is 18.1 Å². The van der Waals surface area contributed by atoms with Crippen molar-refractivity contribution in [3.8, 4) is 11.8 Å². The van der Waals surface area contributed by atoms with Crippen LogP contribution in [-0.2, 0) is 11.3 Å². The van der Waals surface area contributed by atoms with Crippen LogP contribution in [0.4, 0.5) is 5.69 Å². The van der Waals surface area contributed by atoms with Crippen molar-refractivity contribution in [2.24, 2.45) is 0 Å². The second-order valence-corrected chi connectivity index (χ2v) is 4.52. The molecule has 0 saturated carbocycles. The van der Waals surface area contributed by atoms with Gasteiger partial charge in [0, 0.05) is 11.4 Å². The predicted octanol–water partition coefficient (Wildman–Crippen LogP) is 1.84. The zero-order chi connectivity index (χ0) is 15.2. The summed E-state index contributed by atoms with van der Waals surface area (Å²) in [7, 11) is 1.51. The molecule has 0 fully saturated rings. The van der Waals surface area contributed by atoms with Crippen molar-refractivity contribution in [2.45, 2.75) is 13.0 Å². The minimum absolute atomic E-state index is 0.0759. The van der Waals surface area contributed by atoms with E-state index in [2.05, 4.69) is 15.4 Å². The van der Waals surface area contributed by atoms with Crippen LogP contribution in [0.3, 0.4) is 0 Å². The average Bonchev–Trinajstić information content (AvgIpc) is 2.93. The number of halogens is 1. The number of rotatable bonds is 5. The molecule has 0 aliphatic heterocycles. The van der Waals surface area contributed by atoms with Crippen molar-refractivity contribution in [2.75, 3.05) is 12.4 Å². The average molecular weight is 306 g/mol. The number of nitriles is 1. The molecular weight excluding hydrogens is 294 g/mol. The Morgan fingerprint density at radius 3 is 3.05 bits per heavy atom. The van der Waals surface area contributed by atoms with Gasteiger partial charge in [-0.1, -0.05) is 11.6 Å². The number of methoxy groups -OCH3 is 1. The Labute approximate surface area is 126 Å². The van der Waals surface area contributed by atoms with Crippen molar-refractivity contribution < 1.29 is 9.53 Å². The van der Waals surface area contributed by atoms with E-state index < -0.39 is 0 Å². The van der Waals surface area contributed by atoms with E-state index >= 15 is 0 Å². The number of carbonyl (C=O) groups excluding carboxylic acids is 1. The minimum atomic E-state index is -0.218. The van der Waals surface area contributed by atoms with Gasteiger partial charge in [-0.05, 0) is 18.2 Å². The molecule has 1 amide bonds. The maximum Gasteiger partial charge on any atom is 0.252 e. The Morgan fingerprint density at radius 1 is 1.57 bits per heavy atom. The summed E-state index contributed by atoms with van der Waals surface area (Å²) in [5.41, 5.74) is 0.506. The van der Waals surface area contributed by atoms with E-state index in [-0.39, 0.29) is 18.2 Å². The van der Waals surface area contributed by atoms with Gasteiger partial charge in [-0.25, -0.2) is 4.98 Å². The predicted molar refractivity (Wildman–Crippen MR) is 76.0 cm³/mol. The summed E-state index contributed by atoms with van der Waals surface area (Å²) in [6, 6.07) is 6.78. The van der Waals surface area contributed by atoms with Crippen LogP contribution in [0.25, 0.3) is 0 Å². The molecule has 0 unspecified atom stereocenters. The van der Waals surface area contributed by atoms with Crippen LogP contribution in [0.5, 0.6) is 5.75 Å². The fraction of sp³-hybridized carbons (Fsp3) is 0.231. The molecule has 1 aromatic heterocycles. The molecule has 0 atom stereocenters. The van der Waals surface area contributed by atoms with Gasteiger partial charge in [-0.15, -0.1) is 5.10 Å². The lowest BCUT2D eigenvalue weighted by Crippen LogP contribution is -2.15. The molecule has 0 spiro atoms. The summed E-state index contributed by atoms with van der Waals surface area (Å²) in [5.74, 6) is 0.386. The molecule has 1 N–H and O–H groups in total. The Balaban J connectivity index is 1.96. The third-order valence-corrected chi connectivity index (χ3v) is 2.88. The highest BCUT2D eigenvalue weighted by molar-refractivity contribution is 6.31. The Morgan fingerprint density at radius 2 is 2.38 bits per heavy atom. The number of hydrogen-bond acceptors (Lipinski definition) is 5. The van der Waals surface area contributed by atoms with Gasteiger partial charge in [-0.2, -0.15) is 5.26 Å². The number of nitrogens with one attached hydrogen (secondary N) is 1. The fourth-order valence-electron chi connectivity index (χ4n) is 1.66. The van der Waals surface area contributed by atoms with Crippen molar-refractivity contribution >= 4 is 23.2 Å². The second kappa shape index (κ2) is 6.72. The van der Waals surface area contributed by atoms with Crippen LogP contribution in [0.1, 0.15) is 12.2 Å². The number of hydrogen-bond donors (Lipinski definition) is 1. The first-order chi connectivity index (χ1) is 10.1. The standard InChI is InChI=1S/C13H12ClN5O2/c1-21-11-3-2-9(14)6-10(11)17-13(20)4-5-19-8-16-12(7-15)18-19/h2-3,6,8H,4-5H2,1H3,(H,17,20). The molecule has 0 aliphatic rings.